The minimum atomic E-state index is -3.19. The Balaban J connectivity index is 1.47. The van der Waals surface area contributed by atoms with Gasteiger partial charge in [0.05, 0.1) is 25.5 Å². The van der Waals surface area contributed by atoms with Gasteiger partial charge < -0.3 is 14.8 Å². The fourth-order valence-electron chi connectivity index (χ4n) is 4.54. The predicted octanol–water partition coefficient (Wildman–Crippen LogP) is 1.85. The summed E-state index contributed by atoms with van der Waals surface area (Å²) in [4.78, 5) is 13.0. The lowest BCUT2D eigenvalue weighted by Gasteiger charge is -2.44. The summed E-state index contributed by atoms with van der Waals surface area (Å²) in [5, 5.41) is 3.24. The Morgan fingerprint density at radius 1 is 1.18 bits per heavy atom. The van der Waals surface area contributed by atoms with Crippen molar-refractivity contribution >= 4 is 15.9 Å². The molecule has 0 aliphatic carbocycles. The first-order valence-corrected chi connectivity index (χ1v) is 11.8. The van der Waals surface area contributed by atoms with E-state index in [-0.39, 0.29) is 23.5 Å². The van der Waals surface area contributed by atoms with Gasteiger partial charge in [-0.3, -0.25) is 4.79 Å². The van der Waals surface area contributed by atoms with E-state index in [2.05, 4.69) is 5.32 Å². The smallest absolute Gasteiger partial charge is 0.223 e. The van der Waals surface area contributed by atoms with Crippen LogP contribution in [-0.4, -0.2) is 56.8 Å². The van der Waals surface area contributed by atoms with Crippen molar-refractivity contribution in [2.24, 2.45) is 5.92 Å². The maximum Gasteiger partial charge on any atom is 0.223 e. The van der Waals surface area contributed by atoms with Crippen molar-refractivity contribution in [1.82, 2.24) is 9.62 Å². The van der Waals surface area contributed by atoms with Crippen LogP contribution in [-0.2, 0) is 19.6 Å². The van der Waals surface area contributed by atoms with E-state index in [1.165, 1.54) is 10.6 Å². The molecule has 0 saturated carbocycles. The highest BCUT2D eigenvalue weighted by Gasteiger charge is 2.43. The van der Waals surface area contributed by atoms with Crippen LogP contribution in [0.15, 0.2) is 24.3 Å². The van der Waals surface area contributed by atoms with Gasteiger partial charge in [0, 0.05) is 43.8 Å². The summed E-state index contributed by atoms with van der Waals surface area (Å²) >= 11 is 0. The van der Waals surface area contributed by atoms with Gasteiger partial charge in [0.15, 0.2) is 0 Å². The summed E-state index contributed by atoms with van der Waals surface area (Å²) in [6, 6.07) is 7.81. The van der Waals surface area contributed by atoms with Gasteiger partial charge in [-0.1, -0.05) is 18.2 Å². The Labute approximate surface area is 166 Å². The van der Waals surface area contributed by atoms with E-state index in [1.54, 1.807) is 0 Å². The second kappa shape index (κ2) is 7.65. The van der Waals surface area contributed by atoms with E-state index < -0.39 is 10.0 Å². The molecule has 1 N–H and O–H groups in total. The monoisotopic (exact) mass is 408 g/mol. The zero-order chi connectivity index (χ0) is 19.8. The third-order valence-electron chi connectivity index (χ3n) is 6.21. The number of amides is 1. The molecule has 1 spiro atoms. The number of benzene rings is 1. The highest BCUT2D eigenvalue weighted by Crippen LogP contribution is 2.44. The molecule has 2 saturated heterocycles. The number of hydrogen-bond donors (Lipinski definition) is 1. The van der Waals surface area contributed by atoms with Gasteiger partial charge in [0.1, 0.15) is 11.4 Å². The van der Waals surface area contributed by atoms with Gasteiger partial charge in [-0.15, -0.1) is 0 Å². The summed E-state index contributed by atoms with van der Waals surface area (Å²) < 4.78 is 36.7. The summed E-state index contributed by atoms with van der Waals surface area (Å²) in [6.07, 6.45) is 4.72. The molecule has 4 rings (SSSR count). The van der Waals surface area contributed by atoms with Crippen molar-refractivity contribution in [3.8, 4) is 5.75 Å². The molecule has 1 aromatic rings. The van der Waals surface area contributed by atoms with Crippen LogP contribution in [0.3, 0.4) is 0 Å². The predicted molar refractivity (Wildman–Crippen MR) is 104 cm³/mol. The fourth-order valence-corrected chi connectivity index (χ4v) is 5.41. The normalized spacial score (nSPS) is 25.7. The number of nitrogens with one attached hydrogen (secondary N) is 1. The molecule has 2 fully saturated rings. The number of hydrogen-bond acceptors (Lipinski definition) is 5. The standard InChI is InChI=1S/C20H28N2O5S/c1-28(24,25)22-10-6-15(7-11-22)19(23)21-17-14-20(8-12-26-13-9-20)27-18-5-3-2-4-16(17)18/h2-5,15,17H,6-14H2,1H3,(H,21,23). The molecule has 1 amide bonds. The molecule has 0 bridgehead atoms. The molecule has 1 atom stereocenters. The Morgan fingerprint density at radius 2 is 1.86 bits per heavy atom. The number of para-hydroxylation sites is 1. The lowest BCUT2D eigenvalue weighted by atomic mass is 9.81. The van der Waals surface area contributed by atoms with Crippen LogP contribution < -0.4 is 10.1 Å². The van der Waals surface area contributed by atoms with E-state index in [0.717, 1.165) is 30.6 Å². The summed E-state index contributed by atoms with van der Waals surface area (Å²) in [5.74, 6) is 0.698. The van der Waals surface area contributed by atoms with Crippen molar-refractivity contribution in [2.75, 3.05) is 32.6 Å². The number of rotatable bonds is 3. The maximum absolute atomic E-state index is 13.0. The maximum atomic E-state index is 13.0. The van der Waals surface area contributed by atoms with Crippen molar-refractivity contribution in [2.45, 2.75) is 43.7 Å². The van der Waals surface area contributed by atoms with Gasteiger partial charge in [-0.05, 0) is 18.9 Å². The summed E-state index contributed by atoms with van der Waals surface area (Å²) in [6.45, 7) is 2.16. The second-order valence-electron chi connectivity index (χ2n) is 8.14. The van der Waals surface area contributed by atoms with E-state index in [0.29, 0.717) is 39.1 Å². The van der Waals surface area contributed by atoms with Crippen LogP contribution in [0, 0.1) is 5.92 Å². The topological polar surface area (TPSA) is 84.9 Å². The number of carbonyl (C=O) groups excluding carboxylic acids is 1. The molecule has 3 heterocycles. The molecular formula is C20H28N2O5S. The van der Waals surface area contributed by atoms with Crippen molar-refractivity contribution in [1.29, 1.82) is 0 Å². The van der Waals surface area contributed by atoms with Crippen LogP contribution in [0.2, 0.25) is 0 Å². The first kappa shape index (κ1) is 19.7. The number of sulfonamides is 1. The lowest BCUT2D eigenvalue weighted by molar-refractivity contribution is -0.128. The average Bonchev–Trinajstić information content (AvgIpc) is 2.68. The number of fused-ring (bicyclic) bond motifs is 1. The highest BCUT2D eigenvalue weighted by molar-refractivity contribution is 7.88. The Kier molecular flexibility index (Phi) is 5.37. The molecular weight excluding hydrogens is 380 g/mol. The van der Waals surface area contributed by atoms with Gasteiger partial charge >= 0.3 is 0 Å². The largest absolute Gasteiger partial charge is 0.487 e. The Bertz CT molecular complexity index is 827. The van der Waals surface area contributed by atoms with E-state index in [1.807, 2.05) is 24.3 Å². The molecule has 8 heteroatoms. The zero-order valence-electron chi connectivity index (χ0n) is 16.2. The number of ether oxygens (including phenoxy) is 2. The van der Waals surface area contributed by atoms with Gasteiger partial charge in [0.25, 0.3) is 0 Å². The summed E-state index contributed by atoms with van der Waals surface area (Å²) in [5.41, 5.74) is 0.728. The second-order valence-corrected chi connectivity index (χ2v) is 10.1. The van der Waals surface area contributed by atoms with Gasteiger partial charge in [0.2, 0.25) is 15.9 Å². The first-order chi connectivity index (χ1) is 13.4. The molecule has 0 radical (unpaired) electrons. The summed E-state index contributed by atoms with van der Waals surface area (Å²) in [7, 11) is -3.19. The first-order valence-electron chi connectivity index (χ1n) is 9.98. The third kappa shape index (κ3) is 4.04. The van der Waals surface area contributed by atoms with Crippen molar-refractivity contribution in [3.05, 3.63) is 29.8 Å². The van der Waals surface area contributed by atoms with Crippen molar-refractivity contribution < 1.29 is 22.7 Å². The van der Waals surface area contributed by atoms with Crippen LogP contribution >= 0.6 is 0 Å². The van der Waals surface area contributed by atoms with E-state index >= 15 is 0 Å². The number of carbonyl (C=O) groups is 1. The van der Waals surface area contributed by atoms with E-state index in [9.17, 15) is 13.2 Å². The van der Waals surface area contributed by atoms with Gasteiger partial charge in [-0.2, -0.15) is 0 Å². The molecule has 154 valence electrons. The fraction of sp³-hybridized carbons (Fsp3) is 0.650. The van der Waals surface area contributed by atoms with Crippen LogP contribution in [0.25, 0.3) is 0 Å². The number of piperidine rings is 1. The minimum Gasteiger partial charge on any atom is -0.487 e. The van der Waals surface area contributed by atoms with Crippen LogP contribution in [0.5, 0.6) is 5.75 Å². The van der Waals surface area contributed by atoms with Gasteiger partial charge in [-0.25, -0.2) is 12.7 Å². The van der Waals surface area contributed by atoms with Crippen molar-refractivity contribution in [3.63, 3.8) is 0 Å². The molecule has 1 unspecified atom stereocenters. The van der Waals surface area contributed by atoms with Crippen LogP contribution in [0.4, 0.5) is 0 Å². The Hall–Kier alpha value is -1.64. The zero-order valence-corrected chi connectivity index (χ0v) is 17.0. The Morgan fingerprint density at radius 3 is 2.54 bits per heavy atom. The third-order valence-corrected chi connectivity index (χ3v) is 7.51. The molecule has 3 aliphatic rings. The SMILES string of the molecule is CS(=O)(=O)N1CCC(C(=O)NC2CC3(CCOCC3)Oc3ccccc32)CC1. The molecule has 0 aromatic heterocycles. The number of nitrogens with zero attached hydrogens (tertiary/aromatic N) is 1. The highest BCUT2D eigenvalue weighted by atomic mass is 32.2. The van der Waals surface area contributed by atoms with Crippen LogP contribution in [0.1, 0.15) is 43.7 Å². The lowest BCUT2D eigenvalue weighted by Crippen LogP contribution is -2.50. The molecule has 1 aromatic carbocycles. The molecule has 7 nitrogen and oxygen atoms in total. The average molecular weight is 409 g/mol. The minimum absolute atomic E-state index is 0.0112. The molecule has 28 heavy (non-hydrogen) atoms. The van der Waals surface area contributed by atoms with E-state index in [4.69, 9.17) is 9.47 Å². The quantitative estimate of drug-likeness (QED) is 0.825. The molecule has 3 aliphatic heterocycles.